The van der Waals surface area contributed by atoms with Crippen LogP contribution in [0.1, 0.15) is 5.56 Å². The molecule has 0 radical (unpaired) electrons. The SMILES string of the molecule is Cc1cc[c]([Bi]([c]2ccccc2)[c]2ccccc2)cc1-c1cccc[n+]1C. The number of hydrogen-bond acceptors (Lipinski definition) is 0. The zero-order valence-electron chi connectivity index (χ0n) is 15.7. The summed E-state index contributed by atoms with van der Waals surface area (Å²) < 4.78 is 6.77. The number of rotatable bonds is 4. The Labute approximate surface area is 169 Å². The van der Waals surface area contributed by atoms with E-state index in [4.69, 9.17) is 0 Å². The maximum atomic E-state index is 2.45. The minimum atomic E-state index is -2.31. The zero-order chi connectivity index (χ0) is 18.6. The van der Waals surface area contributed by atoms with Gasteiger partial charge in [0.1, 0.15) is 0 Å². The minimum absolute atomic E-state index is 1.27. The Balaban J connectivity index is 1.89. The van der Waals surface area contributed by atoms with Gasteiger partial charge in [-0.25, -0.2) is 0 Å². The number of hydrogen-bond donors (Lipinski definition) is 0. The first kappa shape index (κ1) is 18.1. The third kappa shape index (κ3) is 3.87. The second-order valence-electron chi connectivity index (χ2n) is 6.70. The van der Waals surface area contributed by atoms with Gasteiger partial charge in [0.25, 0.3) is 0 Å². The van der Waals surface area contributed by atoms with E-state index in [0.29, 0.717) is 0 Å². The first-order chi connectivity index (χ1) is 13.2. The Kier molecular flexibility index (Phi) is 5.46. The van der Waals surface area contributed by atoms with Gasteiger partial charge in [0, 0.05) is 0 Å². The molecule has 0 aliphatic heterocycles. The fourth-order valence-corrected chi connectivity index (χ4v) is 12.4. The van der Waals surface area contributed by atoms with Gasteiger partial charge in [-0.15, -0.1) is 0 Å². The van der Waals surface area contributed by atoms with Gasteiger partial charge >= 0.3 is 170 Å². The van der Waals surface area contributed by atoms with E-state index in [9.17, 15) is 0 Å². The molecule has 0 fully saturated rings. The van der Waals surface area contributed by atoms with Crippen LogP contribution in [0.3, 0.4) is 0 Å². The third-order valence-electron chi connectivity index (χ3n) is 4.84. The molecule has 2 heteroatoms. The number of aryl methyl sites for hydroxylation is 2. The van der Waals surface area contributed by atoms with E-state index in [1.807, 2.05) is 0 Å². The predicted molar refractivity (Wildman–Crippen MR) is 115 cm³/mol. The monoisotopic (exact) mass is 546 g/mol. The molecule has 1 aromatic heterocycles. The van der Waals surface area contributed by atoms with E-state index in [1.165, 1.54) is 26.6 Å². The van der Waals surface area contributed by atoms with Gasteiger partial charge in [-0.05, 0) is 0 Å². The molecule has 132 valence electrons. The molecule has 0 saturated carbocycles. The Hall–Kier alpha value is -2.31. The van der Waals surface area contributed by atoms with Crippen molar-refractivity contribution in [3.8, 4) is 11.3 Å². The van der Waals surface area contributed by atoms with E-state index < -0.39 is 21.8 Å². The van der Waals surface area contributed by atoms with Crippen molar-refractivity contribution in [3.63, 3.8) is 0 Å². The van der Waals surface area contributed by atoms with Crippen molar-refractivity contribution in [2.45, 2.75) is 6.92 Å². The molecule has 27 heavy (non-hydrogen) atoms. The molecular weight excluding hydrogens is 523 g/mol. The maximum absolute atomic E-state index is 2.45. The fraction of sp³-hybridized carbons (Fsp3) is 0.0800. The summed E-state index contributed by atoms with van der Waals surface area (Å²) in [5.74, 6) is 0. The van der Waals surface area contributed by atoms with Crippen molar-refractivity contribution in [1.29, 1.82) is 0 Å². The molecule has 4 rings (SSSR count). The van der Waals surface area contributed by atoms with Crippen LogP contribution in [0, 0.1) is 6.92 Å². The van der Waals surface area contributed by atoms with Crippen molar-refractivity contribution >= 4 is 31.6 Å². The molecular formula is C25H23BiN+. The molecule has 1 nitrogen and oxygen atoms in total. The average Bonchev–Trinajstić information content (AvgIpc) is 2.72. The first-order valence-corrected chi connectivity index (χ1v) is 14.4. The van der Waals surface area contributed by atoms with Crippen LogP contribution < -0.4 is 14.4 Å². The van der Waals surface area contributed by atoms with E-state index in [-0.39, 0.29) is 0 Å². The predicted octanol–water partition coefficient (Wildman–Crippen LogP) is 3.00. The number of aromatic nitrogens is 1. The second-order valence-corrected chi connectivity index (χ2v) is 15.3. The summed E-state index contributed by atoms with van der Waals surface area (Å²) in [5, 5.41) is 0. The van der Waals surface area contributed by atoms with Crippen molar-refractivity contribution in [2.75, 3.05) is 0 Å². The molecule has 1 heterocycles. The summed E-state index contributed by atoms with van der Waals surface area (Å²) >= 11 is -2.31. The van der Waals surface area contributed by atoms with Crippen molar-refractivity contribution in [2.24, 2.45) is 7.05 Å². The van der Waals surface area contributed by atoms with Crippen LogP contribution >= 0.6 is 0 Å². The van der Waals surface area contributed by atoms with Gasteiger partial charge < -0.3 is 0 Å². The van der Waals surface area contributed by atoms with E-state index in [1.54, 1.807) is 0 Å². The molecule has 0 bridgehead atoms. The van der Waals surface area contributed by atoms with Crippen LogP contribution in [0.4, 0.5) is 0 Å². The molecule has 0 spiro atoms. The molecule has 3 aromatic carbocycles. The van der Waals surface area contributed by atoms with Crippen molar-refractivity contribution < 1.29 is 4.57 Å². The Morgan fingerprint density at radius 3 is 1.81 bits per heavy atom. The molecule has 0 atom stereocenters. The number of pyridine rings is 1. The van der Waals surface area contributed by atoms with Crippen molar-refractivity contribution in [3.05, 3.63) is 109 Å². The Bertz CT molecular complexity index is 1000. The van der Waals surface area contributed by atoms with Crippen molar-refractivity contribution in [1.82, 2.24) is 0 Å². The molecule has 0 amide bonds. The molecule has 4 aromatic rings. The summed E-state index contributed by atoms with van der Waals surface area (Å²) in [7, 11) is 2.12. The topological polar surface area (TPSA) is 3.88 Å². The van der Waals surface area contributed by atoms with Crippen LogP contribution in [-0.2, 0) is 7.05 Å². The molecule has 0 saturated heterocycles. The summed E-state index contributed by atoms with van der Waals surface area (Å²) in [5.41, 5.74) is 3.93. The Morgan fingerprint density at radius 2 is 1.22 bits per heavy atom. The standard InChI is InChI=1S/C13H13N.2C6H5.Bi/c1-11-7-3-4-8-12(11)13-9-5-6-10-14(13)2;2*1-2-4-6-5-3-1;/h3,5-10H,1-2H3;2*1-5H;/q+1;;;. The van der Waals surface area contributed by atoms with Crippen LogP contribution in [0.15, 0.2) is 103 Å². The van der Waals surface area contributed by atoms with Gasteiger partial charge in [0.15, 0.2) is 0 Å². The number of nitrogens with zero attached hydrogens (tertiary/aromatic N) is 1. The Morgan fingerprint density at radius 1 is 0.630 bits per heavy atom. The van der Waals surface area contributed by atoms with Gasteiger partial charge in [-0.3, -0.25) is 0 Å². The summed E-state index contributed by atoms with van der Waals surface area (Å²) in [4.78, 5) is 0. The van der Waals surface area contributed by atoms with E-state index >= 15 is 0 Å². The summed E-state index contributed by atoms with van der Waals surface area (Å²) in [6.45, 7) is 2.21. The molecule has 0 aliphatic carbocycles. The van der Waals surface area contributed by atoms with E-state index in [0.717, 1.165) is 0 Å². The average molecular weight is 546 g/mol. The summed E-state index contributed by atoms with van der Waals surface area (Å²) in [6, 6.07) is 35.7. The fourth-order valence-electron chi connectivity index (χ4n) is 3.43. The molecule has 0 N–H and O–H groups in total. The van der Waals surface area contributed by atoms with Gasteiger partial charge in [-0.1, -0.05) is 0 Å². The normalized spacial score (nSPS) is 10.9. The van der Waals surface area contributed by atoms with Crippen LogP contribution in [0.25, 0.3) is 11.3 Å². The van der Waals surface area contributed by atoms with Crippen LogP contribution in [0.5, 0.6) is 0 Å². The van der Waals surface area contributed by atoms with Crippen LogP contribution in [0.2, 0.25) is 0 Å². The third-order valence-corrected chi connectivity index (χ3v) is 14.3. The number of benzene rings is 3. The molecule has 0 unspecified atom stereocenters. The quantitative estimate of drug-likeness (QED) is 0.274. The van der Waals surface area contributed by atoms with Gasteiger partial charge in [0.05, 0.1) is 0 Å². The second kappa shape index (κ2) is 8.15. The summed E-state index contributed by atoms with van der Waals surface area (Å²) in [6.07, 6.45) is 2.12. The van der Waals surface area contributed by atoms with Gasteiger partial charge in [0.2, 0.25) is 0 Å². The van der Waals surface area contributed by atoms with E-state index in [2.05, 4.69) is 122 Å². The molecule has 0 aliphatic rings. The first-order valence-electron chi connectivity index (χ1n) is 9.20. The van der Waals surface area contributed by atoms with Gasteiger partial charge in [-0.2, -0.15) is 0 Å². The van der Waals surface area contributed by atoms with Crippen LogP contribution in [-0.4, -0.2) is 21.8 Å². The zero-order valence-corrected chi connectivity index (χ0v) is 19.2.